The number of nitrogens with zero attached hydrogens (tertiary/aromatic N) is 1. The van der Waals surface area contributed by atoms with Gasteiger partial charge in [0.05, 0.1) is 6.04 Å². The molecule has 0 bridgehead atoms. The first kappa shape index (κ1) is 10.0. The van der Waals surface area contributed by atoms with Crippen LogP contribution in [0.4, 0.5) is 0 Å². The first-order valence-electron chi connectivity index (χ1n) is 5.34. The normalized spacial score (nSPS) is 17.9. The lowest BCUT2D eigenvalue weighted by Gasteiger charge is -2.21. The first-order valence-corrected chi connectivity index (χ1v) is 5.34. The zero-order chi connectivity index (χ0) is 10.8. The molecule has 0 radical (unpaired) electrons. The summed E-state index contributed by atoms with van der Waals surface area (Å²) in [6.07, 6.45) is 5.68. The van der Waals surface area contributed by atoms with Gasteiger partial charge in [0.15, 0.2) is 0 Å². The van der Waals surface area contributed by atoms with Crippen LogP contribution in [-0.2, 0) is 0 Å². The molecule has 82 valence electrons. The zero-order valence-corrected chi connectivity index (χ0v) is 8.62. The molecule has 1 aromatic heterocycles. The van der Waals surface area contributed by atoms with Crippen molar-refractivity contribution in [2.24, 2.45) is 5.73 Å². The molecule has 1 aliphatic rings. The van der Waals surface area contributed by atoms with E-state index in [1.807, 2.05) is 0 Å². The van der Waals surface area contributed by atoms with E-state index in [0.717, 1.165) is 12.8 Å². The number of nitrogens with one attached hydrogen (secondary N) is 2. The molecule has 1 aliphatic carbocycles. The minimum atomic E-state index is -0.0818. The van der Waals surface area contributed by atoms with Gasteiger partial charge in [-0.25, -0.2) is 4.68 Å². The van der Waals surface area contributed by atoms with Crippen molar-refractivity contribution in [3.63, 3.8) is 0 Å². The van der Waals surface area contributed by atoms with E-state index in [4.69, 9.17) is 11.1 Å². The molecule has 0 saturated heterocycles. The third-order valence-corrected chi connectivity index (χ3v) is 2.98. The van der Waals surface area contributed by atoms with Crippen LogP contribution in [0.15, 0.2) is 10.9 Å². The average molecular weight is 208 g/mol. The van der Waals surface area contributed by atoms with Crippen molar-refractivity contribution in [1.29, 1.82) is 5.41 Å². The van der Waals surface area contributed by atoms with Crippen molar-refractivity contribution in [3.8, 4) is 0 Å². The van der Waals surface area contributed by atoms with Gasteiger partial charge < -0.3 is 5.73 Å². The SMILES string of the molecule is N=C(N)c1cc(=O)n(C2CCCCC2)[nH]1. The summed E-state index contributed by atoms with van der Waals surface area (Å²) in [6, 6.07) is 1.66. The molecule has 1 aromatic rings. The Balaban J connectivity index is 2.27. The summed E-state index contributed by atoms with van der Waals surface area (Å²) in [5.41, 5.74) is 5.67. The van der Waals surface area contributed by atoms with E-state index in [2.05, 4.69) is 5.10 Å². The van der Waals surface area contributed by atoms with E-state index in [-0.39, 0.29) is 17.4 Å². The second-order valence-corrected chi connectivity index (χ2v) is 4.08. The maximum atomic E-state index is 11.6. The van der Waals surface area contributed by atoms with Gasteiger partial charge in [-0.15, -0.1) is 0 Å². The van der Waals surface area contributed by atoms with Gasteiger partial charge in [-0.3, -0.25) is 15.3 Å². The zero-order valence-electron chi connectivity index (χ0n) is 8.62. The maximum Gasteiger partial charge on any atom is 0.267 e. The van der Waals surface area contributed by atoms with Crippen LogP contribution >= 0.6 is 0 Å². The van der Waals surface area contributed by atoms with Gasteiger partial charge in [0, 0.05) is 6.07 Å². The van der Waals surface area contributed by atoms with Gasteiger partial charge in [0.1, 0.15) is 11.5 Å². The molecule has 1 fully saturated rings. The number of aromatic nitrogens is 2. The summed E-state index contributed by atoms with van der Waals surface area (Å²) < 4.78 is 1.62. The Labute approximate surface area is 87.8 Å². The predicted octanol–water partition coefficient (Wildman–Crippen LogP) is 0.966. The largest absolute Gasteiger partial charge is 0.382 e. The van der Waals surface area contributed by atoms with Gasteiger partial charge in [-0.1, -0.05) is 19.3 Å². The highest BCUT2D eigenvalue weighted by molar-refractivity contribution is 5.92. The van der Waals surface area contributed by atoms with Crippen molar-refractivity contribution in [1.82, 2.24) is 9.78 Å². The number of amidine groups is 1. The molecule has 0 amide bonds. The highest BCUT2D eigenvalue weighted by Gasteiger charge is 2.18. The summed E-state index contributed by atoms with van der Waals surface area (Å²) in [5, 5.41) is 10.2. The molecule has 0 unspecified atom stereocenters. The summed E-state index contributed by atoms with van der Waals surface area (Å²) in [7, 11) is 0. The molecule has 2 rings (SSSR count). The second-order valence-electron chi connectivity index (χ2n) is 4.08. The van der Waals surface area contributed by atoms with Crippen molar-refractivity contribution in [2.75, 3.05) is 0 Å². The standard InChI is InChI=1S/C10H16N4O/c11-10(12)8-6-9(15)14(13-8)7-4-2-1-3-5-7/h6-7,13H,1-5H2,(H3,11,12). The fourth-order valence-corrected chi connectivity index (χ4v) is 2.16. The van der Waals surface area contributed by atoms with Crippen molar-refractivity contribution in [3.05, 3.63) is 22.1 Å². The van der Waals surface area contributed by atoms with Crippen molar-refractivity contribution < 1.29 is 0 Å². The van der Waals surface area contributed by atoms with Crippen LogP contribution in [0.1, 0.15) is 43.8 Å². The van der Waals surface area contributed by atoms with Gasteiger partial charge in [0.25, 0.3) is 5.56 Å². The molecule has 0 aromatic carbocycles. The number of nitrogen functional groups attached to an aromatic ring is 1. The molecular weight excluding hydrogens is 192 g/mol. The maximum absolute atomic E-state index is 11.6. The van der Waals surface area contributed by atoms with Gasteiger partial charge in [-0.2, -0.15) is 0 Å². The van der Waals surface area contributed by atoms with Crippen molar-refractivity contribution >= 4 is 5.84 Å². The van der Waals surface area contributed by atoms with Gasteiger partial charge in [0.2, 0.25) is 0 Å². The number of aromatic amines is 1. The van der Waals surface area contributed by atoms with Crippen LogP contribution in [0, 0.1) is 5.41 Å². The van der Waals surface area contributed by atoms with E-state index in [1.54, 1.807) is 4.68 Å². The third-order valence-electron chi connectivity index (χ3n) is 2.98. The Morgan fingerprint density at radius 1 is 1.47 bits per heavy atom. The monoisotopic (exact) mass is 208 g/mol. The van der Waals surface area contributed by atoms with E-state index in [1.165, 1.54) is 25.3 Å². The van der Waals surface area contributed by atoms with Crippen LogP contribution in [-0.4, -0.2) is 15.6 Å². The number of hydrogen-bond acceptors (Lipinski definition) is 2. The van der Waals surface area contributed by atoms with E-state index < -0.39 is 0 Å². The van der Waals surface area contributed by atoms with E-state index in [9.17, 15) is 4.79 Å². The third kappa shape index (κ3) is 1.95. The van der Waals surface area contributed by atoms with E-state index in [0.29, 0.717) is 5.69 Å². The quantitative estimate of drug-likeness (QED) is 0.499. The number of rotatable bonds is 2. The Kier molecular flexibility index (Phi) is 2.62. The summed E-state index contributed by atoms with van der Waals surface area (Å²) >= 11 is 0. The molecule has 1 saturated carbocycles. The first-order chi connectivity index (χ1) is 7.18. The van der Waals surface area contributed by atoms with Crippen LogP contribution in [0.25, 0.3) is 0 Å². The molecule has 5 nitrogen and oxygen atoms in total. The molecule has 5 heteroatoms. The smallest absolute Gasteiger partial charge is 0.267 e. The highest BCUT2D eigenvalue weighted by Crippen LogP contribution is 2.26. The van der Waals surface area contributed by atoms with Gasteiger partial charge >= 0.3 is 0 Å². The predicted molar refractivity (Wildman–Crippen MR) is 58.2 cm³/mol. The minimum absolute atomic E-state index is 0.0768. The molecular formula is C10H16N4O. The lowest BCUT2D eigenvalue weighted by atomic mass is 9.96. The number of nitrogens with two attached hydrogens (primary N) is 1. The summed E-state index contributed by atoms with van der Waals surface area (Å²) in [6.45, 7) is 0. The average Bonchev–Trinajstić information content (AvgIpc) is 2.62. The Hall–Kier alpha value is -1.52. The fourth-order valence-electron chi connectivity index (χ4n) is 2.16. The fraction of sp³-hybridized carbons (Fsp3) is 0.600. The van der Waals surface area contributed by atoms with Crippen LogP contribution < -0.4 is 11.3 Å². The topological polar surface area (TPSA) is 87.7 Å². The molecule has 15 heavy (non-hydrogen) atoms. The summed E-state index contributed by atoms with van der Waals surface area (Å²) in [4.78, 5) is 11.6. The Bertz CT molecular complexity index is 411. The highest BCUT2D eigenvalue weighted by atomic mass is 16.1. The van der Waals surface area contributed by atoms with E-state index >= 15 is 0 Å². The van der Waals surface area contributed by atoms with Crippen LogP contribution in [0.2, 0.25) is 0 Å². The van der Waals surface area contributed by atoms with Crippen LogP contribution in [0.5, 0.6) is 0 Å². The van der Waals surface area contributed by atoms with Crippen LogP contribution in [0.3, 0.4) is 0 Å². The molecule has 4 N–H and O–H groups in total. The lowest BCUT2D eigenvalue weighted by Crippen LogP contribution is -2.24. The Morgan fingerprint density at radius 2 is 2.13 bits per heavy atom. The minimum Gasteiger partial charge on any atom is -0.382 e. The van der Waals surface area contributed by atoms with Gasteiger partial charge in [-0.05, 0) is 12.8 Å². The number of hydrogen-bond donors (Lipinski definition) is 3. The molecule has 0 atom stereocenters. The Morgan fingerprint density at radius 3 is 2.67 bits per heavy atom. The lowest BCUT2D eigenvalue weighted by molar-refractivity contribution is 0.323. The second kappa shape index (κ2) is 3.92. The van der Waals surface area contributed by atoms with Crippen molar-refractivity contribution in [2.45, 2.75) is 38.1 Å². The molecule has 1 heterocycles. The molecule has 0 spiro atoms. The number of H-pyrrole nitrogens is 1. The molecule has 0 aliphatic heterocycles. The summed E-state index contributed by atoms with van der Waals surface area (Å²) in [5.74, 6) is -0.0818.